The number of thiocarbonyl (C=S) groups is 1. The van der Waals surface area contributed by atoms with E-state index < -0.39 is 17.9 Å². The molecule has 3 nitrogen and oxygen atoms in total. The maximum atomic E-state index is 13.7. The summed E-state index contributed by atoms with van der Waals surface area (Å²) >= 11 is 8.73. The first kappa shape index (κ1) is 14.4. The molecule has 2 aromatic rings. The molecule has 0 fully saturated rings. The van der Waals surface area contributed by atoms with Crippen molar-refractivity contribution in [3.63, 3.8) is 0 Å². The van der Waals surface area contributed by atoms with Gasteiger partial charge in [-0.1, -0.05) is 22.8 Å². The molecule has 0 aliphatic rings. The molecule has 0 saturated heterocycles. The Bertz CT molecular complexity index is 618. The van der Waals surface area contributed by atoms with Gasteiger partial charge in [0.05, 0.1) is 10.2 Å². The van der Waals surface area contributed by atoms with E-state index in [2.05, 4.69) is 30.8 Å². The molecule has 0 atom stereocenters. The molecule has 0 bridgehead atoms. The van der Waals surface area contributed by atoms with Crippen molar-refractivity contribution in [2.45, 2.75) is 6.43 Å². The van der Waals surface area contributed by atoms with Gasteiger partial charge in [-0.25, -0.2) is 13.2 Å². The van der Waals surface area contributed by atoms with E-state index in [0.717, 1.165) is 11.5 Å². The van der Waals surface area contributed by atoms with Gasteiger partial charge in [0.1, 0.15) is 9.87 Å². The van der Waals surface area contributed by atoms with Gasteiger partial charge in [-0.15, -0.1) is 5.10 Å². The summed E-state index contributed by atoms with van der Waals surface area (Å²) in [5, 5.41) is 5.88. The number of anilines is 1. The lowest BCUT2D eigenvalue weighted by molar-refractivity contribution is 0.146. The van der Waals surface area contributed by atoms with E-state index in [9.17, 15) is 13.2 Å². The number of halogens is 4. The Morgan fingerprint density at radius 2 is 2.16 bits per heavy atom. The quantitative estimate of drug-likeness (QED) is 0.826. The minimum atomic E-state index is -2.78. The number of benzene rings is 1. The number of hydrogen-bond donors (Lipinski definition) is 1. The topological polar surface area (TPSA) is 37.8 Å². The zero-order valence-corrected chi connectivity index (χ0v) is 12.3. The monoisotopic (exact) mass is 367 g/mol. The van der Waals surface area contributed by atoms with Crippen molar-refractivity contribution >= 4 is 50.4 Å². The summed E-state index contributed by atoms with van der Waals surface area (Å²) in [7, 11) is 0. The van der Waals surface area contributed by atoms with Crippen LogP contribution in [0.25, 0.3) is 0 Å². The van der Waals surface area contributed by atoms with Crippen molar-refractivity contribution in [2.75, 3.05) is 5.32 Å². The summed E-state index contributed by atoms with van der Waals surface area (Å²) in [6, 6.07) is 4.56. The number of alkyl halides is 2. The summed E-state index contributed by atoms with van der Waals surface area (Å²) in [6.07, 6.45) is -2.78. The predicted molar refractivity (Wildman–Crippen MR) is 74.3 cm³/mol. The lowest BCUT2D eigenvalue weighted by Gasteiger charge is -2.08. The minimum Gasteiger partial charge on any atom is -0.343 e. The van der Waals surface area contributed by atoms with Gasteiger partial charge in [0, 0.05) is 0 Å². The van der Waals surface area contributed by atoms with Crippen molar-refractivity contribution in [3.05, 3.63) is 39.1 Å². The highest BCUT2D eigenvalue weighted by atomic mass is 79.9. The SMILES string of the molecule is Fc1c(Br)cccc1NC(=S)c1snnc1C(F)F. The average molecular weight is 368 g/mol. The fourth-order valence-electron chi connectivity index (χ4n) is 1.28. The van der Waals surface area contributed by atoms with Crippen LogP contribution in [-0.2, 0) is 0 Å². The van der Waals surface area contributed by atoms with Crippen molar-refractivity contribution in [2.24, 2.45) is 0 Å². The lowest BCUT2D eigenvalue weighted by Crippen LogP contribution is -2.12. The molecule has 0 spiro atoms. The van der Waals surface area contributed by atoms with Crippen LogP contribution in [0, 0.1) is 5.82 Å². The van der Waals surface area contributed by atoms with Crippen LogP contribution >= 0.6 is 39.7 Å². The summed E-state index contributed by atoms with van der Waals surface area (Å²) in [4.78, 5) is -0.00771. The number of aromatic nitrogens is 2. The van der Waals surface area contributed by atoms with E-state index in [1.54, 1.807) is 6.07 Å². The number of rotatable bonds is 3. The standard InChI is InChI=1S/C10H5BrF3N3S2/c11-4-2-1-3-5(6(4)12)15-10(18)8-7(9(13)14)16-17-19-8/h1-3,9H,(H,15,18). The van der Waals surface area contributed by atoms with Gasteiger partial charge in [0.15, 0.2) is 11.5 Å². The van der Waals surface area contributed by atoms with Crippen LogP contribution in [0.5, 0.6) is 0 Å². The molecule has 1 aromatic heterocycles. The fraction of sp³-hybridized carbons (Fsp3) is 0.100. The van der Waals surface area contributed by atoms with Gasteiger partial charge < -0.3 is 5.32 Å². The first-order chi connectivity index (χ1) is 9.00. The third-order valence-electron chi connectivity index (χ3n) is 2.13. The third-order valence-corrected chi connectivity index (χ3v) is 3.93. The van der Waals surface area contributed by atoms with Crippen LogP contribution < -0.4 is 5.32 Å². The zero-order chi connectivity index (χ0) is 14.0. The Kier molecular flexibility index (Phi) is 4.48. The average Bonchev–Trinajstić information content (AvgIpc) is 2.84. The first-order valence-corrected chi connectivity index (χ1v) is 6.84. The Labute approximate surface area is 124 Å². The van der Waals surface area contributed by atoms with Gasteiger partial charge in [-0.3, -0.25) is 0 Å². The maximum absolute atomic E-state index is 13.7. The fourth-order valence-corrected chi connectivity index (χ4v) is 2.54. The molecule has 0 aliphatic carbocycles. The molecular weight excluding hydrogens is 363 g/mol. The maximum Gasteiger partial charge on any atom is 0.283 e. The first-order valence-electron chi connectivity index (χ1n) is 4.86. The van der Waals surface area contributed by atoms with Crippen molar-refractivity contribution in [1.29, 1.82) is 0 Å². The van der Waals surface area contributed by atoms with E-state index in [-0.39, 0.29) is 20.0 Å². The molecule has 0 radical (unpaired) electrons. The minimum absolute atomic E-state index is 0.0318. The highest BCUT2D eigenvalue weighted by molar-refractivity contribution is 9.10. The molecule has 2 rings (SSSR count). The van der Waals surface area contributed by atoms with Gasteiger partial charge in [0.2, 0.25) is 0 Å². The molecule has 9 heteroatoms. The van der Waals surface area contributed by atoms with Gasteiger partial charge in [-0.2, -0.15) is 0 Å². The number of nitrogens with zero attached hydrogens (tertiary/aromatic N) is 2. The number of nitrogens with one attached hydrogen (secondary N) is 1. The molecule has 0 saturated carbocycles. The Morgan fingerprint density at radius 3 is 2.84 bits per heavy atom. The molecular formula is C10H5BrF3N3S2. The third kappa shape index (κ3) is 3.10. The number of hydrogen-bond acceptors (Lipinski definition) is 4. The van der Waals surface area contributed by atoms with Crippen molar-refractivity contribution < 1.29 is 13.2 Å². The second kappa shape index (κ2) is 5.93. The van der Waals surface area contributed by atoms with Crippen LogP contribution in [0.15, 0.2) is 22.7 Å². The summed E-state index contributed by atoms with van der Waals surface area (Å²) in [5.74, 6) is -0.555. The van der Waals surface area contributed by atoms with Gasteiger partial charge in [0.25, 0.3) is 6.43 Å². The van der Waals surface area contributed by atoms with E-state index in [1.165, 1.54) is 12.1 Å². The highest BCUT2D eigenvalue weighted by Crippen LogP contribution is 2.26. The molecule has 0 unspecified atom stereocenters. The Hall–Kier alpha value is -1.06. The van der Waals surface area contributed by atoms with E-state index in [4.69, 9.17) is 12.2 Å². The lowest BCUT2D eigenvalue weighted by atomic mass is 10.3. The second-order valence-corrected chi connectivity index (χ2v) is 5.36. The van der Waals surface area contributed by atoms with Crippen LogP contribution in [0.3, 0.4) is 0 Å². The smallest absolute Gasteiger partial charge is 0.283 e. The summed E-state index contributed by atoms with van der Waals surface area (Å²) in [6.45, 7) is 0. The summed E-state index contributed by atoms with van der Waals surface area (Å²) in [5.41, 5.74) is -0.411. The van der Waals surface area contributed by atoms with Gasteiger partial charge in [-0.05, 0) is 39.6 Å². The largest absolute Gasteiger partial charge is 0.343 e. The molecule has 100 valence electrons. The van der Waals surface area contributed by atoms with Crippen LogP contribution in [-0.4, -0.2) is 14.6 Å². The Morgan fingerprint density at radius 1 is 1.42 bits per heavy atom. The Balaban J connectivity index is 2.26. The summed E-state index contributed by atoms with van der Waals surface area (Å²) < 4.78 is 42.7. The highest BCUT2D eigenvalue weighted by Gasteiger charge is 2.21. The van der Waals surface area contributed by atoms with E-state index in [0.29, 0.717) is 0 Å². The normalized spacial score (nSPS) is 10.8. The van der Waals surface area contributed by atoms with Crippen LogP contribution in [0.1, 0.15) is 17.0 Å². The second-order valence-electron chi connectivity index (χ2n) is 3.34. The molecule has 19 heavy (non-hydrogen) atoms. The molecule has 1 aromatic carbocycles. The van der Waals surface area contributed by atoms with Crippen LogP contribution in [0.2, 0.25) is 0 Å². The van der Waals surface area contributed by atoms with Crippen molar-refractivity contribution in [1.82, 2.24) is 9.59 Å². The van der Waals surface area contributed by atoms with E-state index in [1.807, 2.05) is 0 Å². The van der Waals surface area contributed by atoms with Crippen LogP contribution in [0.4, 0.5) is 18.9 Å². The molecule has 0 amide bonds. The molecule has 0 aliphatic heterocycles. The predicted octanol–water partition coefficient (Wildman–Crippen LogP) is 4.16. The van der Waals surface area contributed by atoms with E-state index >= 15 is 0 Å². The van der Waals surface area contributed by atoms with Crippen molar-refractivity contribution in [3.8, 4) is 0 Å². The zero-order valence-electron chi connectivity index (χ0n) is 9.03. The van der Waals surface area contributed by atoms with Gasteiger partial charge >= 0.3 is 0 Å². The molecule has 1 heterocycles. The molecule has 1 N–H and O–H groups in total.